The Hall–Kier alpha value is -2.92. The van der Waals surface area contributed by atoms with E-state index in [-0.39, 0.29) is 17.9 Å². The molecule has 1 aliphatic heterocycles. The van der Waals surface area contributed by atoms with E-state index in [1.807, 2.05) is 46.9 Å². The summed E-state index contributed by atoms with van der Waals surface area (Å²) in [5.74, 6) is 0.248. The fourth-order valence-electron chi connectivity index (χ4n) is 4.15. The molecule has 0 saturated carbocycles. The van der Waals surface area contributed by atoms with E-state index in [9.17, 15) is 14.7 Å². The number of aromatic nitrogens is 1. The molecule has 7 nitrogen and oxygen atoms in total. The minimum atomic E-state index is -0.654. The fourth-order valence-corrected chi connectivity index (χ4v) is 5.83. The predicted molar refractivity (Wildman–Crippen MR) is 148 cm³/mol. The third-order valence-electron chi connectivity index (χ3n) is 6.00. The van der Waals surface area contributed by atoms with Crippen LogP contribution in [0.25, 0.3) is 6.08 Å². The molecule has 36 heavy (non-hydrogen) atoms. The van der Waals surface area contributed by atoms with E-state index in [2.05, 4.69) is 18.8 Å². The van der Waals surface area contributed by atoms with Crippen molar-refractivity contribution in [2.24, 2.45) is 4.99 Å². The van der Waals surface area contributed by atoms with Gasteiger partial charge in [-0.2, -0.15) is 0 Å². The smallest absolute Gasteiger partial charge is 0.338 e. The molecule has 0 aliphatic carbocycles. The summed E-state index contributed by atoms with van der Waals surface area (Å²) in [5, 5.41) is 10.2. The maximum Gasteiger partial charge on any atom is 0.338 e. The van der Waals surface area contributed by atoms with Crippen molar-refractivity contribution in [3.8, 4) is 11.5 Å². The summed E-state index contributed by atoms with van der Waals surface area (Å²) >= 11 is 3.27. The van der Waals surface area contributed by atoms with Crippen molar-refractivity contribution in [1.82, 2.24) is 4.57 Å². The summed E-state index contributed by atoms with van der Waals surface area (Å²) in [5.41, 5.74) is 3.31. The lowest BCUT2D eigenvalue weighted by atomic mass is 9.93. The van der Waals surface area contributed by atoms with Crippen molar-refractivity contribution in [3.63, 3.8) is 0 Å². The monoisotopic (exact) mass is 618 g/mol. The van der Waals surface area contributed by atoms with Crippen LogP contribution in [-0.4, -0.2) is 29.4 Å². The molecule has 0 spiro atoms. The number of phenols is 1. The second-order valence-corrected chi connectivity index (χ2v) is 10.8. The number of ether oxygens (including phenoxy) is 2. The molecule has 1 atom stereocenters. The Labute approximate surface area is 226 Å². The fraction of sp³-hybridized carbons (Fsp3) is 0.296. The molecule has 1 unspecified atom stereocenters. The van der Waals surface area contributed by atoms with Gasteiger partial charge >= 0.3 is 5.97 Å². The number of esters is 1. The number of hydrogen-bond acceptors (Lipinski definition) is 7. The third-order valence-corrected chi connectivity index (χ3v) is 7.81. The van der Waals surface area contributed by atoms with Crippen LogP contribution >= 0.6 is 33.9 Å². The Kier molecular flexibility index (Phi) is 7.70. The molecule has 1 aromatic heterocycles. The Morgan fingerprint density at radius 3 is 2.58 bits per heavy atom. The molecule has 1 aliphatic rings. The maximum absolute atomic E-state index is 13.7. The molecule has 4 rings (SSSR count). The van der Waals surface area contributed by atoms with Crippen LogP contribution in [-0.2, 0) is 9.53 Å². The summed E-state index contributed by atoms with van der Waals surface area (Å²) in [6.07, 6.45) is 1.75. The lowest BCUT2D eigenvalue weighted by Gasteiger charge is -2.25. The zero-order valence-electron chi connectivity index (χ0n) is 20.7. The van der Waals surface area contributed by atoms with Crippen LogP contribution < -0.4 is 19.6 Å². The average Bonchev–Trinajstić information content (AvgIpc) is 3.14. The lowest BCUT2D eigenvalue weighted by Crippen LogP contribution is -2.39. The van der Waals surface area contributed by atoms with Gasteiger partial charge in [-0.1, -0.05) is 49.4 Å². The number of rotatable bonds is 6. The first-order chi connectivity index (χ1) is 17.2. The first kappa shape index (κ1) is 26.2. The van der Waals surface area contributed by atoms with Gasteiger partial charge in [0, 0.05) is 0 Å². The first-order valence-corrected chi connectivity index (χ1v) is 13.4. The molecule has 0 fully saturated rings. The molecule has 0 radical (unpaired) electrons. The Bertz CT molecular complexity index is 1530. The first-order valence-electron chi connectivity index (χ1n) is 11.5. The van der Waals surface area contributed by atoms with E-state index in [1.54, 1.807) is 36.6 Å². The summed E-state index contributed by atoms with van der Waals surface area (Å²) < 4.78 is 13.3. The minimum absolute atomic E-state index is 0.0521. The highest BCUT2D eigenvalue weighted by molar-refractivity contribution is 14.1. The molecule has 2 heterocycles. The minimum Gasteiger partial charge on any atom is -0.504 e. The molecular weight excluding hydrogens is 591 g/mol. The Morgan fingerprint density at radius 1 is 1.28 bits per heavy atom. The van der Waals surface area contributed by atoms with Crippen molar-refractivity contribution in [3.05, 3.63) is 87.6 Å². The molecule has 0 bridgehead atoms. The van der Waals surface area contributed by atoms with Crippen molar-refractivity contribution >= 4 is 46.0 Å². The van der Waals surface area contributed by atoms with Crippen LogP contribution in [0, 0.1) is 3.57 Å². The van der Waals surface area contributed by atoms with E-state index in [1.165, 1.54) is 24.0 Å². The number of carbonyl (C=O) groups excluding carboxylic acids is 1. The number of halogens is 1. The van der Waals surface area contributed by atoms with Gasteiger partial charge in [-0.25, -0.2) is 9.79 Å². The van der Waals surface area contributed by atoms with Crippen LogP contribution in [0.15, 0.2) is 57.5 Å². The van der Waals surface area contributed by atoms with Crippen LogP contribution in [0.4, 0.5) is 0 Å². The van der Waals surface area contributed by atoms with Crippen molar-refractivity contribution in [1.29, 1.82) is 0 Å². The summed E-state index contributed by atoms with van der Waals surface area (Å²) in [6.45, 7) is 7.98. The van der Waals surface area contributed by atoms with Gasteiger partial charge in [-0.05, 0) is 77.3 Å². The number of methoxy groups -OCH3 is 1. The second kappa shape index (κ2) is 10.6. The van der Waals surface area contributed by atoms with E-state index in [0.717, 1.165) is 5.56 Å². The zero-order valence-corrected chi connectivity index (χ0v) is 23.6. The van der Waals surface area contributed by atoms with Crippen molar-refractivity contribution in [2.75, 3.05) is 13.7 Å². The van der Waals surface area contributed by atoms with Crippen molar-refractivity contribution in [2.45, 2.75) is 39.7 Å². The van der Waals surface area contributed by atoms with Gasteiger partial charge in [0.05, 0.1) is 39.1 Å². The van der Waals surface area contributed by atoms with Crippen LogP contribution in [0.1, 0.15) is 56.3 Å². The highest BCUT2D eigenvalue weighted by Gasteiger charge is 2.33. The summed E-state index contributed by atoms with van der Waals surface area (Å²) in [7, 11) is 1.48. The van der Waals surface area contributed by atoms with Gasteiger partial charge in [0.1, 0.15) is 0 Å². The number of thiazole rings is 1. The van der Waals surface area contributed by atoms with Crippen LogP contribution in [0.3, 0.4) is 0 Å². The highest BCUT2D eigenvalue weighted by atomic mass is 127. The Morgan fingerprint density at radius 2 is 1.97 bits per heavy atom. The lowest BCUT2D eigenvalue weighted by molar-refractivity contribution is -0.139. The van der Waals surface area contributed by atoms with Crippen LogP contribution in [0.5, 0.6) is 11.5 Å². The number of benzene rings is 2. The van der Waals surface area contributed by atoms with Gasteiger partial charge in [0.25, 0.3) is 5.56 Å². The highest BCUT2D eigenvalue weighted by Crippen LogP contribution is 2.33. The standard InChI is InChI=1S/C27H27IN2O5S/c1-6-35-26(33)22-15(4)29-27-30(23(22)18-9-7-17(8-10-18)14(2)3)25(32)21(36-27)13-16-11-19(28)24(31)20(12-16)34-5/h7-14,23,31H,6H2,1-5H3/b21-13-. The van der Waals surface area contributed by atoms with Gasteiger partial charge < -0.3 is 14.6 Å². The molecule has 9 heteroatoms. The topological polar surface area (TPSA) is 90.1 Å². The van der Waals surface area contributed by atoms with Crippen molar-refractivity contribution < 1.29 is 19.4 Å². The van der Waals surface area contributed by atoms with Gasteiger partial charge in [-0.15, -0.1) is 0 Å². The van der Waals surface area contributed by atoms with E-state index in [4.69, 9.17) is 9.47 Å². The van der Waals surface area contributed by atoms with Gasteiger partial charge in [0.15, 0.2) is 16.3 Å². The number of allylic oxidation sites excluding steroid dienone is 1. The second-order valence-electron chi connectivity index (χ2n) is 8.68. The Balaban J connectivity index is 1.94. The SMILES string of the molecule is CCOC(=O)C1=C(C)N=c2s/c(=C\c3cc(I)c(O)c(OC)c3)c(=O)n2C1c1ccc(C(C)C)cc1. The molecule has 3 aromatic rings. The molecule has 0 saturated heterocycles. The van der Waals surface area contributed by atoms with Gasteiger partial charge in [-0.3, -0.25) is 9.36 Å². The summed E-state index contributed by atoms with van der Waals surface area (Å²) in [4.78, 5) is 31.9. The van der Waals surface area contributed by atoms with Crippen LogP contribution in [0.2, 0.25) is 0 Å². The normalized spacial score (nSPS) is 15.6. The number of phenolic OH excluding ortho intramolecular Hbond substituents is 1. The number of nitrogens with zero attached hydrogens (tertiary/aromatic N) is 2. The molecule has 1 N–H and O–H groups in total. The molecule has 0 amide bonds. The average molecular weight is 618 g/mol. The van der Waals surface area contributed by atoms with Gasteiger partial charge in [0.2, 0.25) is 0 Å². The summed E-state index contributed by atoms with van der Waals surface area (Å²) in [6, 6.07) is 10.8. The molecular formula is C27H27IN2O5S. The largest absolute Gasteiger partial charge is 0.504 e. The molecule has 2 aromatic carbocycles. The number of aromatic hydroxyl groups is 1. The zero-order chi connectivity index (χ0) is 26.1. The molecule has 188 valence electrons. The number of carbonyl (C=O) groups is 1. The van der Waals surface area contributed by atoms with E-state index in [0.29, 0.717) is 41.4 Å². The number of hydrogen-bond donors (Lipinski definition) is 1. The quantitative estimate of drug-likeness (QED) is 0.330. The predicted octanol–water partition coefficient (Wildman–Crippen LogP) is 4.24. The van der Waals surface area contributed by atoms with E-state index < -0.39 is 12.0 Å². The number of fused-ring (bicyclic) bond motifs is 1. The van der Waals surface area contributed by atoms with E-state index >= 15 is 0 Å². The maximum atomic E-state index is 13.7. The third kappa shape index (κ3) is 4.86.